The third kappa shape index (κ3) is 4.07. The second kappa shape index (κ2) is 7.89. The van der Waals surface area contributed by atoms with Crippen LogP contribution in [0.1, 0.15) is 68.2 Å². The van der Waals surface area contributed by atoms with Gasteiger partial charge < -0.3 is 20.1 Å². The van der Waals surface area contributed by atoms with E-state index in [1.54, 1.807) is 0 Å². The number of carbonyl (C=O) groups is 1. The highest BCUT2D eigenvalue weighted by Gasteiger charge is 2.40. The maximum Gasteiger partial charge on any atom is 0.253 e. The van der Waals surface area contributed by atoms with Gasteiger partial charge in [-0.1, -0.05) is 27.7 Å². The van der Waals surface area contributed by atoms with Crippen molar-refractivity contribution in [3.8, 4) is 0 Å². The lowest BCUT2D eigenvalue weighted by Gasteiger charge is -2.47. The largest absolute Gasteiger partial charge is 0.394 e. The predicted octanol–water partition coefficient (Wildman–Crippen LogP) is 2.07. The molecule has 1 amide bonds. The van der Waals surface area contributed by atoms with Gasteiger partial charge in [-0.05, 0) is 31.9 Å². The average molecular weight is 351 g/mol. The number of aliphatic hydroxyl groups excluding tert-OH is 1. The molecule has 1 aromatic rings. The van der Waals surface area contributed by atoms with Crippen LogP contribution in [-0.2, 0) is 4.74 Å². The quantitative estimate of drug-likeness (QED) is 0.733. The Bertz CT molecular complexity index is 597. The van der Waals surface area contributed by atoms with E-state index in [1.807, 2.05) is 13.1 Å². The van der Waals surface area contributed by atoms with Crippen LogP contribution in [0.3, 0.4) is 0 Å². The van der Waals surface area contributed by atoms with Crippen molar-refractivity contribution in [2.75, 3.05) is 33.4 Å². The molecule has 1 saturated heterocycles. The minimum Gasteiger partial charge on any atom is -0.394 e. The van der Waals surface area contributed by atoms with Crippen LogP contribution >= 0.6 is 0 Å². The highest BCUT2D eigenvalue weighted by molar-refractivity contribution is 5.96. The fraction of sp³-hybridized carbons (Fsp3) is 0.737. The van der Waals surface area contributed by atoms with Crippen LogP contribution in [0.25, 0.3) is 0 Å². The number of nitrogens with one attached hydrogen (secondary N) is 2. The van der Waals surface area contributed by atoms with Gasteiger partial charge in [0.05, 0.1) is 30.9 Å². The number of H-pyrrole nitrogens is 1. The zero-order valence-electron chi connectivity index (χ0n) is 16.3. The van der Waals surface area contributed by atoms with Crippen LogP contribution in [0.15, 0.2) is 6.07 Å². The zero-order valence-corrected chi connectivity index (χ0v) is 16.3. The van der Waals surface area contributed by atoms with Gasteiger partial charge in [-0.25, -0.2) is 0 Å². The van der Waals surface area contributed by atoms with Crippen LogP contribution in [0.2, 0.25) is 0 Å². The number of aliphatic hydroxyl groups is 1. The van der Waals surface area contributed by atoms with Gasteiger partial charge >= 0.3 is 0 Å². The Morgan fingerprint density at radius 3 is 2.68 bits per heavy atom. The number of amides is 1. The van der Waals surface area contributed by atoms with Crippen molar-refractivity contribution in [2.24, 2.45) is 0 Å². The lowest BCUT2D eigenvalue weighted by Crippen LogP contribution is -2.65. The number of aromatic nitrogens is 1. The topological polar surface area (TPSA) is 77.6 Å². The molecular formula is C19H33N3O3. The first-order valence-electron chi connectivity index (χ1n) is 9.14. The maximum atomic E-state index is 12.8. The van der Waals surface area contributed by atoms with E-state index < -0.39 is 5.54 Å². The molecule has 6 heteroatoms. The molecule has 2 atom stereocenters. The molecule has 0 spiro atoms. The minimum atomic E-state index is -0.581. The van der Waals surface area contributed by atoms with E-state index in [-0.39, 0.29) is 24.5 Å². The van der Waals surface area contributed by atoms with Crippen molar-refractivity contribution < 1.29 is 14.6 Å². The van der Waals surface area contributed by atoms with Crippen LogP contribution in [-0.4, -0.2) is 65.9 Å². The summed E-state index contributed by atoms with van der Waals surface area (Å²) < 4.78 is 5.64. The molecule has 2 rings (SSSR count). The number of rotatable bonds is 6. The van der Waals surface area contributed by atoms with E-state index in [4.69, 9.17) is 4.74 Å². The molecule has 0 radical (unpaired) electrons. The first-order chi connectivity index (χ1) is 11.7. The van der Waals surface area contributed by atoms with Gasteiger partial charge in [0.25, 0.3) is 5.91 Å². The lowest BCUT2D eigenvalue weighted by atomic mass is 9.95. The van der Waals surface area contributed by atoms with Crippen LogP contribution < -0.4 is 5.32 Å². The monoisotopic (exact) mass is 351 g/mol. The summed E-state index contributed by atoms with van der Waals surface area (Å²) in [4.78, 5) is 18.3. The van der Waals surface area contributed by atoms with Crippen LogP contribution in [0, 0.1) is 0 Å². The molecule has 0 unspecified atom stereocenters. The summed E-state index contributed by atoms with van der Waals surface area (Å²) in [5, 5.41) is 13.0. The number of aromatic amines is 1. The Morgan fingerprint density at radius 2 is 2.12 bits per heavy atom. The molecule has 1 aliphatic heterocycles. The number of nitrogens with zero attached hydrogens (tertiary/aromatic N) is 1. The molecule has 1 fully saturated rings. The molecule has 0 saturated carbocycles. The fourth-order valence-electron chi connectivity index (χ4n) is 3.28. The summed E-state index contributed by atoms with van der Waals surface area (Å²) in [7, 11) is 1.97. The Labute approximate surface area is 150 Å². The van der Waals surface area contributed by atoms with Gasteiger partial charge in [-0.2, -0.15) is 0 Å². The van der Waals surface area contributed by atoms with E-state index in [0.29, 0.717) is 31.2 Å². The molecule has 25 heavy (non-hydrogen) atoms. The SMILES string of the molecule is CC(C)c1cc(C(=O)NC[C@]2(CO)COC[C@@H](C)N2C)c(C(C)C)[nH]1. The highest BCUT2D eigenvalue weighted by Crippen LogP contribution is 2.25. The normalized spacial score (nSPS) is 24.9. The van der Waals surface area contributed by atoms with Gasteiger partial charge in [-0.15, -0.1) is 0 Å². The minimum absolute atomic E-state index is 0.0600. The molecule has 1 aliphatic rings. The molecule has 2 heterocycles. The Balaban J connectivity index is 2.16. The van der Waals surface area contributed by atoms with Crippen molar-refractivity contribution in [3.05, 3.63) is 23.0 Å². The van der Waals surface area contributed by atoms with Crippen molar-refractivity contribution in [1.29, 1.82) is 0 Å². The van der Waals surface area contributed by atoms with Gasteiger partial charge in [-0.3, -0.25) is 9.69 Å². The fourth-order valence-corrected chi connectivity index (χ4v) is 3.28. The van der Waals surface area contributed by atoms with Crippen molar-refractivity contribution in [2.45, 2.75) is 58.0 Å². The Hall–Kier alpha value is -1.37. The smallest absolute Gasteiger partial charge is 0.253 e. The van der Waals surface area contributed by atoms with Crippen molar-refractivity contribution in [1.82, 2.24) is 15.2 Å². The second-order valence-corrected chi connectivity index (χ2v) is 7.90. The van der Waals surface area contributed by atoms with Gasteiger partial charge in [0, 0.05) is 24.0 Å². The van der Waals surface area contributed by atoms with E-state index >= 15 is 0 Å². The standard InChI is InChI=1S/C19H33N3O3/c1-12(2)16-7-15(17(21-16)13(3)4)18(24)20-9-19(10-23)11-25-8-14(5)22(19)6/h7,12-14,21,23H,8-11H2,1-6H3,(H,20,24)/t14-,19+/m1/s1. The second-order valence-electron chi connectivity index (χ2n) is 7.90. The number of likely N-dealkylation sites (N-methyl/N-ethyl adjacent to an activating group) is 1. The van der Waals surface area contributed by atoms with Gasteiger partial charge in [0.1, 0.15) is 0 Å². The summed E-state index contributed by atoms with van der Waals surface area (Å²) in [6, 6.07) is 2.15. The van der Waals surface area contributed by atoms with Gasteiger partial charge in [0.2, 0.25) is 0 Å². The predicted molar refractivity (Wildman–Crippen MR) is 99.2 cm³/mol. The van der Waals surface area contributed by atoms with Crippen LogP contribution in [0.4, 0.5) is 0 Å². The van der Waals surface area contributed by atoms with Crippen molar-refractivity contribution >= 4 is 5.91 Å². The van der Waals surface area contributed by atoms with Crippen LogP contribution in [0.5, 0.6) is 0 Å². The third-order valence-corrected chi connectivity index (χ3v) is 5.32. The van der Waals surface area contributed by atoms with E-state index in [2.05, 4.69) is 49.8 Å². The Morgan fingerprint density at radius 1 is 1.44 bits per heavy atom. The summed E-state index contributed by atoms with van der Waals surface area (Å²) in [5.41, 5.74) is 2.14. The highest BCUT2D eigenvalue weighted by atomic mass is 16.5. The number of carbonyl (C=O) groups excluding carboxylic acids is 1. The molecule has 6 nitrogen and oxygen atoms in total. The molecule has 1 aromatic heterocycles. The van der Waals surface area contributed by atoms with E-state index in [0.717, 1.165) is 11.4 Å². The third-order valence-electron chi connectivity index (χ3n) is 5.32. The summed E-state index contributed by atoms with van der Waals surface area (Å²) in [5.74, 6) is 0.466. The van der Waals surface area contributed by atoms with Gasteiger partial charge in [0.15, 0.2) is 0 Å². The Kier molecular flexibility index (Phi) is 6.30. The summed E-state index contributed by atoms with van der Waals surface area (Å²) in [6.45, 7) is 11.8. The molecule has 0 aliphatic carbocycles. The average Bonchev–Trinajstić information content (AvgIpc) is 3.02. The number of morpholine rings is 1. The van der Waals surface area contributed by atoms with E-state index in [1.165, 1.54) is 0 Å². The number of hydrogen-bond acceptors (Lipinski definition) is 4. The first kappa shape index (κ1) is 19.9. The molecule has 3 N–H and O–H groups in total. The molecule has 0 aromatic carbocycles. The summed E-state index contributed by atoms with van der Waals surface area (Å²) in [6.07, 6.45) is 0. The molecule has 142 valence electrons. The number of ether oxygens (including phenoxy) is 1. The summed E-state index contributed by atoms with van der Waals surface area (Å²) >= 11 is 0. The lowest BCUT2D eigenvalue weighted by molar-refractivity contribution is -0.105. The maximum absolute atomic E-state index is 12.8. The molecule has 0 bridgehead atoms. The molecular weight excluding hydrogens is 318 g/mol. The van der Waals surface area contributed by atoms with Crippen molar-refractivity contribution in [3.63, 3.8) is 0 Å². The zero-order chi connectivity index (χ0) is 18.8. The number of hydrogen-bond donors (Lipinski definition) is 3. The first-order valence-corrected chi connectivity index (χ1v) is 9.14. The van der Waals surface area contributed by atoms with E-state index in [9.17, 15) is 9.90 Å².